The molecule has 3 rings (SSSR count). The highest BCUT2D eigenvalue weighted by atomic mass is 32.2. The van der Waals surface area contributed by atoms with Crippen LogP contribution in [0.25, 0.3) is 0 Å². The Morgan fingerprint density at radius 1 is 0.941 bits per heavy atom. The molecule has 190 valence electrons. The van der Waals surface area contributed by atoms with Crippen LogP contribution in [0.1, 0.15) is 71.8 Å². The molecule has 2 fully saturated rings. The van der Waals surface area contributed by atoms with E-state index in [9.17, 15) is 18.0 Å². The molecule has 1 heterocycles. The maximum atomic E-state index is 12.9. The van der Waals surface area contributed by atoms with Gasteiger partial charge in [0.2, 0.25) is 0 Å². The molecule has 0 unspecified atom stereocenters. The van der Waals surface area contributed by atoms with Gasteiger partial charge in [-0.3, -0.25) is 9.59 Å². The number of piperidine rings is 1. The summed E-state index contributed by atoms with van der Waals surface area (Å²) in [7, 11) is -3.12. The number of carbonyl (C=O) groups is 2. The first kappa shape index (κ1) is 26.7. The molecule has 0 bridgehead atoms. The first-order valence-electron chi connectivity index (χ1n) is 12.8. The van der Waals surface area contributed by atoms with Crippen molar-refractivity contribution in [3.05, 3.63) is 29.8 Å². The number of rotatable bonds is 8. The van der Waals surface area contributed by atoms with E-state index in [0.717, 1.165) is 62.9 Å². The minimum atomic E-state index is -3.12. The predicted octanol–water partition coefficient (Wildman–Crippen LogP) is 4.60. The van der Waals surface area contributed by atoms with Crippen molar-refractivity contribution in [1.82, 2.24) is 0 Å². The van der Waals surface area contributed by atoms with Crippen molar-refractivity contribution in [1.29, 1.82) is 0 Å². The summed E-state index contributed by atoms with van der Waals surface area (Å²) in [4.78, 5) is 27.1. The standard InChI is InChI=1S/C27H41NO5S/c1-5-33-26(30)23-14-16-28(17-15-23)24-12-8-20(9-13-24)18-25(29)22-10-6-21(7-11-22)19-34(31,32)27(2,3)4/h8-9,12-13,21-23H,5-7,10-11,14-19H2,1-4H3. The van der Waals surface area contributed by atoms with E-state index in [1.54, 1.807) is 20.8 Å². The summed E-state index contributed by atoms with van der Waals surface area (Å²) in [6.07, 6.45) is 5.24. The van der Waals surface area contributed by atoms with Crippen LogP contribution in [0.5, 0.6) is 0 Å². The van der Waals surface area contributed by atoms with E-state index in [1.807, 2.05) is 19.1 Å². The normalized spacial score (nSPS) is 22.4. The number of benzene rings is 1. The second-order valence-corrected chi connectivity index (χ2v) is 13.7. The van der Waals surface area contributed by atoms with Gasteiger partial charge in [0, 0.05) is 31.1 Å². The monoisotopic (exact) mass is 491 g/mol. The highest BCUT2D eigenvalue weighted by Crippen LogP contribution is 2.33. The maximum Gasteiger partial charge on any atom is 0.309 e. The van der Waals surface area contributed by atoms with Gasteiger partial charge in [-0.25, -0.2) is 8.42 Å². The fraction of sp³-hybridized carbons (Fsp3) is 0.704. The van der Waals surface area contributed by atoms with E-state index >= 15 is 0 Å². The molecule has 0 radical (unpaired) electrons. The SMILES string of the molecule is CCOC(=O)C1CCN(c2ccc(CC(=O)C3CCC(CS(=O)(=O)C(C)(C)C)CC3)cc2)CC1. The minimum absolute atomic E-state index is 0.00300. The molecule has 6 nitrogen and oxygen atoms in total. The average Bonchev–Trinajstić information content (AvgIpc) is 2.79. The summed E-state index contributed by atoms with van der Waals surface area (Å²) in [5.74, 6) is 0.615. The number of anilines is 1. The molecule has 0 spiro atoms. The third-order valence-electron chi connectivity index (χ3n) is 7.48. The topological polar surface area (TPSA) is 80.8 Å². The molecule has 1 saturated heterocycles. The Labute approximate surface area is 205 Å². The highest BCUT2D eigenvalue weighted by Gasteiger charge is 2.34. The van der Waals surface area contributed by atoms with Crippen LogP contribution in [0, 0.1) is 17.8 Å². The Morgan fingerprint density at radius 2 is 1.53 bits per heavy atom. The van der Waals surface area contributed by atoms with Gasteiger partial charge in [0.15, 0.2) is 9.84 Å². The van der Waals surface area contributed by atoms with Crippen LogP contribution in [-0.4, -0.2) is 50.4 Å². The minimum Gasteiger partial charge on any atom is -0.466 e. The fourth-order valence-electron chi connectivity index (χ4n) is 5.02. The third-order valence-corrected chi connectivity index (χ3v) is 10.3. The second kappa shape index (κ2) is 11.2. The van der Waals surface area contributed by atoms with Gasteiger partial charge in [0.1, 0.15) is 5.78 Å². The molecule has 0 atom stereocenters. The third kappa shape index (κ3) is 6.83. The number of ketones is 1. The highest BCUT2D eigenvalue weighted by molar-refractivity contribution is 7.92. The van der Waals surface area contributed by atoms with Gasteiger partial charge in [0.05, 0.1) is 23.0 Å². The summed E-state index contributed by atoms with van der Waals surface area (Å²) >= 11 is 0. The summed E-state index contributed by atoms with van der Waals surface area (Å²) < 4.78 is 29.4. The van der Waals surface area contributed by atoms with Gasteiger partial charge >= 0.3 is 5.97 Å². The lowest BCUT2D eigenvalue weighted by Gasteiger charge is -2.32. The molecule has 1 aliphatic carbocycles. The smallest absolute Gasteiger partial charge is 0.309 e. The number of hydrogen-bond acceptors (Lipinski definition) is 6. The molecule has 0 amide bonds. The Balaban J connectivity index is 1.45. The van der Waals surface area contributed by atoms with Gasteiger partial charge in [0.25, 0.3) is 0 Å². The Bertz CT molecular complexity index is 932. The summed E-state index contributed by atoms with van der Waals surface area (Å²) in [6.45, 7) is 9.20. The van der Waals surface area contributed by atoms with Crippen molar-refractivity contribution < 1.29 is 22.7 Å². The van der Waals surface area contributed by atoms with Crippen molar-refractivity contribution in [3.8, 4) is 0 Å². The zero-order valence-electron chi connectivity index (χ0n) is 21.2. The number of sulfone groups is 1. The van der Waals surface area contributed by atoms with Crippen molar-refractivity contribution in [2.75, 3.05) is 30.3 Å². The average molecular weight is 492 g/mol. The van der Waals surface area contributed by atoms with E-state index in [2.05, 4.69) is 17.0 Å². The molecule has 1 aromatic carbocycles. The first-order valence-corrected chi connectivity index (χ1v) is 14.4. The van der Waals surface area contributed by atoms with Crippen LogP contribution in [0.15, 0.2) is 24.3 Å². The molecule has 0 N–H and O–H groups in total. The molecule has 7 heteroatoms. The summed E-state index contributed by atoms with van der Waals surface area (Å²) in [5, 5.41) is 0. The van der Waals surface area contributed by atoms with Gasteiger partial charge in [-0.2, -0.15) is 0 Å². The molecular formula is C27H41NO5S. The van der Waals surface area contributed by atoms with Gasteiger partial charge in [-0.05, 0) is 89.8 Å². The lowest BCUT2D eigenvalue weighted by Crippen LogP contribution is -2.37. The van der Waals surface area contributed by atoms with Crippen molar-refractivity contribution in [2.45, 2.75) is 77.4 Å². The van der Waals surface area contributed by atoms with Crippen LogP contribution in [0.3, 0.4) is 0 Å². The zero-order valence-corrected chi connectivity index (χ0v) is 22.0. The van der Waals surface area contributed by atoms with E-state index < -0.39 is 14.6 Å². The van der Waals surface area contributed by atoms with Crippen molar-refractivity contribution in [2.24, 2.45) is 17.8 Å². The van der Waals surface area contributed by atoms with Crippen molar-refractivity contribution >= 4 is 27.3 Å². The number of esters is 1. The van der Waals surface area contributed by atoms with Crippen LogP contribution < -0.4 is 4.90 Å². The zero-order chi connectivity index (χ0) is 24.9. The molecular weight excluding hydrogens is 450 g/mol. The Kier molecular flexibility index (Phi) is 8.82. The summed E-state index contributed by atoms with van der Waals surface area (Å²) in [5.41, 5.74) is 2.15. The molecule has 1 aromatic rings. The fourth-order valence-corrected chi connectivity index (χ4v) is 6.47. The van der Waals surface area contributed by atoms with E-state index in [0.29, 0.717) is 13.0 Å². The molecule has 2 aliphatic rings. The Morgan fingerprint density at radius 3 is 2.06 bits per heavy atom. The number of Topliss-reactive ketones (excluding diaryl/α,β-unsaturated/α-hetero) is 1. The van der Waals surface area contributed by atoms with Crippen LogP contribution in [0.2, 0.25) is 0 Å². The van der Waals surface area contributed by atoms with Crippen molar-refractivity contribution in [3.63, 3.8) is 0 Å². The van der Waals surface area contributed by atoms with E-state index in [-0.39, 0.29) is 35.3 Å². The maximum absolute atomic E-state index is 12.9. The number of ether oxygens (including phenoxy) is 1. The lowest BCUT2D eigenvalue weighted by molar-refractivity contribution is -0.148. The second-order valence-electron chi connectivity index (χ2n) is 10.9. The van der Waals surface area contributed by atoms with Crippen LogP contribution >= 0.6 is 0 Å². The summed E-state index contributed by atoms with van der Waals surface area (Å²) in [6, 6.07) is 8.21. The molecule has 1 aliphatic heterocycles. The number of hydrogen-bond donors (Lipinski definition) is 0. The molecule has 1 saturated carbocycles. The lowest BCUT2D eigenvalue weighted by atomic mass is 9.79. The first-order chi connectivity index (χ1) is 16.0. The number of carbonyl (C=O) groups excluding carboxylic acids is 2. The van der Waals surface area contributed by atoms with E-state index in [4.69, 9.17) is 4.74 Å². The number of nitrogens with zero attached hydrogens (tertiary/aromatic N) is 1. The molecule has 34 heavy (non-hydrogen) atoms. The molecule has 0 aromatic heterocycles. The Hall–Kier alpha value is -1.89. The van der Waals surface area contributed by atoms with Crippen LogP contribution in [0.4, 0.5) is 5.69 Å². The van der Waals surface area contributed by atoms with Gasteiger partial charge in [-0.1, -0.05) is 12.1 Å². The van der Waals surface area contributed by atoms with Gasteiger partial charge in [-0.15, -0.1) is 0 Å². The van der Waals surface area contributed by atoms with Gasteiger partial charge < -0.3 is 9.64 Å². The largest absolute Gasteiger partial charge is 0.466 e. The van der Waals surface area contributed by atoms with E-state index in [1.165, 1.54) is 0 Å². The predicted molar refractivity (Wildman–Crippen MR) is 136 cm³/mol. The van der Waals surface area contributed by atoms with Crippen LogP contribution in [-0.2, 0) is 30.6 Å². The quantitative estimate of drug-likeness (QED) is 0.495.